The van der Waals surface area contributed by atoms with Crippen LogP contribution in [-0.2, 0) is 5.75 Å². The van der Waals surface area contributed by atoms with E-state index in [0.29, 0.717) is 0 Å². The van der Waals surface area contributed by atoms with Gasteiger partial charge in [0.1, 0.15) is 0 Å². The summed E-state index contributed by atoms with van der Waals surface area (Å²) in [5.74, 6) is 2.84. The summed E-state index contributed by atoms with van der Waals surface area (Å²) in [5, 5.41) is 3.21. The molecule has 2 N–H and O–H groups in total. The van der Waals surface area contributed by atoms with E-state index in [9.17, 15) is 0 Å². The Morgan fingerprint density at radius 2 is 2.50 bits per heavy atom. The highest BCUT2D eigenvalue weighted by Gasteiger charge is 2.00. The quantitative estimate of drug-likeness (QED) is 0.772. The first-order valence-electron chi connectivity index (χ1n) is 4.94. The van der Waals surface area contributed by atoms with E-state index in [1.54, 1.807) is 12.5 Å². The van der Waals surface area contributed by atoms with Gasteiger partial charge in [0, 0.05) is 23.7 Å². The predicted octanol–water partition coefficient (Wildman–Crippen LogP) is 1.91. The van der Waals surface area contributed by atoms with E-state index in [1.807, 2.05) is 18.7 Å². The first-order chi connectivity index (χ1) is 7.86. The third kappa shape index (κ3) is 3.21. The molecule has 0 atom stereocenters. The summed E-state index contributed by atoms with van der Waals surface area (Å²) in [6.07, 6.45) is 3.48. The van der Waals surface area contributed by atoms with Crippen molar-refractivity contribution in [2.45, 2.75) is 12.7 Å². The van der Waals surface area contributed by atoms with Crippen LogP contribution < -0.4 is 5.32 Å². The molecule has 2 aromatic rings. The van der Waals surface area contributed by atoms with Crippen molar-refractivity contribution in [3.05, 3.63) is 23.9 Å². The van der Waals surface area contributed by atoms with Gasteiger partial charge in [0.2, 0.25) is 0 Å². The van der Waals surface area contributed by atoms with Crippen LogP contribution in [0.15, 0.2) is 12.5 Å². The standard InChI is InChI=1S/C9H13N5S2/c1-7-8(12-6-11-7)5-15-3-2-10-9-4-13-16-14-9/h4,6H,2-3,5H2,1H3,(H,10,14)(H,11,12). The fourth-order valence-corrected chi connectivity index (χ4v) is 2.46. The third-order valence-electron chi connectivity index (χ3n) is 2.09. The fraction of sp³-hybridized carbons (Fsp3) is 0.444. The van der Waals surface area contributed by atoms with Gasteiger partial charge in [0.15, 0.2) is 5.82 Å². The zero-order valence-corrected chi connectivity index (χ0v) is 10.6. The topological polar surface area (TPSA) is 66.5 Å². The van der Waals surface area contributed by atoms with Crippen LogP contribution in [-0.4, -0.2) is 31.0 Å². The molecule has 7 heteroatoms. The summed E-state index contributed by atoms with van der Waals surface area (Å²) in [4.78, 5) is 7.32. The number of nitrogens with one attached hydrogen (secondary N) is 2. The maximum atomic E-state index is 4.25. The van der Waals surface area contributed by atoms with Crippen LogP contribution in [0, 0.1) is 6.92 Å². The second-order valence-corrected chi connectivity index (χ2v) is 4.91. The molecule has 0 unspecified atom stereocenters. The number of aromatic amines is 1. The minimum atomic E-state index is 0.863. The zero-order valence-electron chi connectivity index (χ0n) is 8.93. The van der Waals surface area contributed by atoms with Crippen molar-refractivity contribution >= 4 is 29.3 Å². The highest BCUT2D eigenvalue weighted by atomic mass is 32.2. The van der Waals surface area contributed by atoms with Crippen LogP contribution >= 0.6 is 23.5 Å². The number of aryl methyl sites for hydroxylation is 1. The molecule has 0 aromatic carbocycles. The Morgan fingerprint density at radius 1 is 1.56 bits per heavy atom. The van der Waals surface area contributed by atoms with E-state index in [2.05, 4.69) is 24.0 Å². The van der Waals surface area contributed by atoms with Gasteiger partial charge in [-0.1, -0.05) is 0 Å². The molecule has 2 heterocycles. The molecule has 2 aromatic heterocycles. The molecule has 0 amide bonds. The van der Waals surface area contributed by atoms with Crippen LogP contribution in [0.25, 0.3) is 0 Å². The lowest BCUT2D eigenvalue weighted by Crippen LogP contribution is -2.04. The molecule has 0 fully saturated rings. The van der Waals surface area contributed by atoms with Crippen molar-refractivity contribution < 1.29 is 0 Å². The number of thioether (sulfide) groups is 1. The van der Waals surface area contributed by atoms with Gasteiger partial charge in [-0.05, 0) is 6.92 Å². The summed E-state index contributed by atoms with van der Waals surface area (Å²) < 4.78 is 7.99. The Balaban J connectivity index is 1.61. The average molecular weight is 255 g/mol. The van der Waals surface area contributed by atoms with Crippen LogP contribution in [0.2, 0.25) is 0 Å². The number of hydrogen-bond acceptors (Lipinski definition) is 6. The van der Waals surface area contributed by atoms with E-state index in [-0.39, 0.29) is 0 Å². The van der Waals surface area contributed by atoms with E-state index in [4.69, 9.17) is 0 Å². The van der Waals surface area contributed by atoms with Gasteiger partial charge in [-0.25, -0.2) is 4.98 Å². The lowest BCUT2D eigenvalue weighted by Gasteiger charge is -2.01. The number of hydrogen-bond donors (Lipinski definition) is 2. The van der Waals surface area contributed by atoms with Crippen molar-refractivity contribution in [3.8, 4) is 0 Å². The van der Waals surface area contributed by atoms with Crippen LogP contribution in [0.5, 0.6) is 0 Å². The first-order valence-corrected chi connectivity index (χ1v) is 6.83. The summed E-state index contributed by atoms with van der Waals surface area (Å²) in [6.45, 7) is 2.95. The van der Waals surface area contributed by atoms with Crippen LogP contribution in [0.4, 0.5) is 5.82 Å². The maximum Gasteiger partial charge on any atom is 0.160 e. The molecule has 0 saturated heterocycles. The highest BCUT2D eigenvalue weighted by molar-refractivity contribution is 7.98. The van der Waals surface area contributed by atoms with E-state index >= 15 is 0 Å². The predicted molar refractivity (Wildman–Crippen MR) is 67.9 cm³/mol. The Kier molecular flexibility index (Phi) is 4.17. The van der Waals surface area contributed by atoms with Crippen molar-refractivity contribution in [1.29, 1.82) is 0 Å². The fourth-order valence-electron chi connectivity index (χ4n) is 1.20. The van der Waals surface area contributed by atoms with Crippen molar-refractivity contribution in [1.82, 2.24) is 18.7 Å². The van der Waals surface area contributed by atoms with Crippen molar-refractivity contribution in [2.75, 3.05) is 17.6 Å². The minimum Gasteiger partial charge on any atom is -0.367 e. The lowest BCUT2D eigenvalue weighted by atomic mass is 10.4. The van der Waals surface area contributed by atoms with Gasteiger partial charge in [-0.15, -0.1) is 0 Å². The van der Waals surface area contributed by atoms with E-state index < -0.39 is 0 Å². The number of anilines is 1. The molecule has 2 rings (SSSR count). The summed E-state index contributed by atoms with van der Waals surface area (Å²) in [6, 6.07) is 0. The first kappa shape index (κ1) is 11.4. The highest BCUT2D eigenvalue weighted by Crippen LogP contribution is 2.12. The molecule has 0 aliphatic carbocycles. The Labute approximate surface area is 102 Å². The average Bonchev–Trinajstić information content (AvgIpc) is 2.90. The second kappa shape index (κ2) is 5.86. The molecule has 0 spiro atoms. The van der Waals surface area contributed by atoms with Gasteiger partial charge in [0.05, 0.1) is 29.9 Å². The van der Waals surface area contributed by atoms with Gasteiger partial charge < -0.3 is 10.3 Å². The zero-order chi connectivity index (χ0) is 11.2. The normalized spacial score (nSPS) is 10.6. The lowest BCUT2D eigenvalue weighted by molar-refractivity contribution is 1.17. The van der Waals surface area contributed by atoms with Gasteiger partial charge >= 0.3 is 0 Å². The van der Waals surface area contributed by atoms with Crippen molar-refractivity contribution in [2.24, 2.45) is 0 Å². The Bertz CT molecular complexity index is 411. The number of nitrogens with zero attached hydrogens (tertiary/aromatic N) is 3. The van der Waals surface area contributed by atoms with Gasteiger partial charge in [-0.3, -0.25) is 0 Å². The molecule has 0 aliphatic heterocycles. The largest absolute Gasteiger partial charge is 0.367 e. The molecule has 16 heavy (non-hydrogen) atoms. The SMILES string of the molecule is Cc1[nH]cnc1CSCCNc1cnsn1. The monoisotopic (exact) mass is 255 g/mol. The molecule has 0 bridgehead atoms. The molecular weight excluding hydrogens is 242 g/mol. The maximum absolute atomic E-state index is 4.25. The molecule has 0 saturated carbocycles. The van der Waals surface area contributed by atoms with E-state index in [1.165, 1.54) is 11.7 Å². The number of aromatic nitrogens is 4. The number of H-pyrrole nitrogens is 1. The summed E-state index contributed by atoms with van der Waals surface area (Å²) in [5.41, 5.74) is 2.30. The smallest absolute Gasteiger partial charge is 0.160 e. The molecule has 5 nitrogen and oxygen atoms in total. The third-order valence-corrected chi connectivity index (χ3v) is 3.54. The van der Waals surface area contributed by atoms with Crippen LogP contribution in [0.1, 0.15) is 11.4 Å². The molecular formula is C9H13N5S2. The summed E-state index contributed by atoms with van der Waals surface area (Å²) in [7, 11) is 0. The summed E-state index contributed by atoms with van der Waals surface area (Å²) >= 11 is 3.08. The second-order valence-electron chi connectivity index (χ2n) is 3.25. The number of rotatable bonds is 6. The molecule has 86 valence electrons. The molecule has 0 radical (unpaired) electrons. The van der Waals surface area contributed by atoms with Gasteiger partial charge in [0.25, 0.3) is 0 Å². The Hall–Kier alpha value is -1.08. The van der Waals surface area contributed by atoms with Gasteiger partial charge in [-0.2, -0.15) is 20.5 Å². The molecule has 0 aliphatic rings. The Morgan fingerprint density at radius 3 is 3.19 bits per heavy atom. The number of imidazole rings is 1. The van der Waals surface area contributed by atoms with Crippen molar-refractivity contribution in [3.63, 3.8) is 0 Å². The van der Waals surface area contributed by atoms with E-state index in [0.717, 1.165) is 35.3 Å². The minimum absolute atomic E-state index is 0.863. The van der Waals surface area contributed by atoms with Crippen LogP contribution in [0.3, 0.4) is 0 Å².